The van der Waals surface area contributed by atoms with Crippen LogP contribution < -0.4 is 20.1 Å². The summed E-state index contributed by atoms with van der Waals surface area (Å²) in [5.74, 6) is 2.21. The maximum Gasteiger partial charge on any atom is 0.220 e. The van der Waals surface area contributed by atoms with Crippen LogP contribution in [0.25, 0.3) is 0 Å². The van der Waals surface area contributed by atoms with Gasteiger partial charge in [0, 0.05) is 18.4 Å². The molecule has 1 amide bonds. The van der Waals surface area contributed by atoms with Gasteiger partial charge in [-0.2, -0.15) is 0 Å². The molecular formula is C19H31ClN2O3. The number of carbonyl (C=O) groups is 1. The zero-order valence-corrected chi connectivity index (χ0v) is 16.5. The molecule has 1 saturated heterocycles. The Kier molecular flexibility index (Phi) is 8.53. The summed E-state index contributed by atoms with van der Waals surface area (Å²) in [5.41, 5.74) is 0.935. The molecule has 1 unspecified atom stereocenters. The van der Waals surface area contributed by atoms with Gasteiger partial charge in [-0.25, -0.2) is 0 Å². The van der Waals surface area contributed by atoms with Crippen LogP contribution in [0.5, 0.6) is 11.5 Å². The molecule has 1 aromatic rings. The van der Waals surface area contributed by atoms with Gasteiger partial charge in [0.05, 0.1) is 14.2 Å². The minimum absolute atomic E-state index is 0. The molecule has 1 fully saturated rings. The number of ether oxygens (including phenoxy) is 2. The van der Waals surface area contributed by atoms with E-state index in [1.807, 2.05) is 18.2 Å². The van der Waals surface area contributed by atoms with E-state index in [1.165, 1.54) is 6.42 Å². The van der Waals surface area contributed by atoms with Crippen LogP contribution in [-0.2, 0) is 10.2 Å². The van der Waals surface area contributed by atoms with Crippen LogP contribution in [0.4, 0.5) is 0 Å². The number of carbonyl (C=O) groups excluding carboxylic acids is 1. The van der Waals surface area contributed by atoms with Crippen LogP contribution in [0.3, 0.4) is 0 Å². The second kappa shape index (κ2) is 9.88. The summed E-state index contributed by atoms with van der Waals surface area (Å²) >= 11 is 0. The van der Waals surface area contributed by atoms with Crippen molar-refractivity contribution in [3.8, 4) is 11.5 Å². The fourth-order valence-corrected chi connectivity index (χ4v) is 3.06. The molecule has 142 valence electrons. The van der Waals surface area contributed by atoms with E-state index < -0.39 is 0 Å². The summed E-state index contributed by atoms with van der Waals surface area (Å²) in [6, 6.07) is 5.91. The predicted octanol–water partition coefficient (Wildman–Crippen LogP) is 2.91. The molecule has 0 aliphatic carbocycles. The van der Waals surface area contributed by atoms with Gasteiger partial charge in [0.25, 0.3) is 0 Å². The smallest absolute Gasteiger partial charge is 0.220 e. The van der Waals surface area contributed by atoms with Gasteiger partial charge in [-0.1, -0.05) is 19.9 Å². The first kappa shape index (κ1) is 21.6. The van der Waals surface area contributed by atoms with Crippen molar-refractivity contribution >= 4 is 18.3 Å². The highest BCUT2D eigenvalue weighted by Crippen LogP contribution is 2.32. The summed E-state index contributed by atoms with van der Waals surface area (Å²) in [5, 5.41) is 6.42. The molecule has 0 aromatic heterocycles. The van der Waals surface area contributed by atoms with Crippen molar-refractivity contribution in [2.45, 2.75) is 38.5 Å². The average Bonchev–Trinajstić information content (AvgIpc) is 3.11. The minimum Gasteiger partial charge on any atom is -0.493 e. The summed E-state index contributed by atoms with van der Waals surface area (Å²) in [6.07, 6.45) is 2.76. The highest BCUT2D eigenvalue weighted by atomic mass is 35.5. The first-order valence-electron chi connectivity index (χ1n) is 8.66. The molecule has 2 N–H and O–H groups in total. The van der Waals surface area contributed by atoms with Gasteiger partial charge in [0.15, 0.2) is 11.5 Å². The Balaban J connectivity index is 0.00000312. The van der Waals surface area contributed by atoms with Gasteiger partial charge >= 0.3 is 0 Å². The topological polar surface area (TPSA) is 59.6 Å². The lowest BCUT2D eigenvalue weighted by Gasteiger charge is -2.26. The van der Waals surface area contributed by atoms with Gasteiger partial charge in [-0.3, -0.25) is 4.79 Å². The van der Waals surface area contributed by atoms with E-state index in [2.05, 4.69) is 24.5 Å². The molecule has 1 heterocycles. The molecule has 1 aromatic carbocycles. The Morgan fingerprint density at radius 1 is 1.28 bits per heavy atom. The maximum absolute atomic E-state index is 12.1. The molecule has 25 heavy (non-hydrogen) atoms. The van der Waals surface area contributed by atoms with Crippen LogP contribution in [0.15, 0.2) is 18.2 Å². The number of methoxy groups -OCH3 is 2. The third-order valence-electron chi connectivity index (χ3n) is 4.83. The van der Waals surface area contributed by atoms with E-state index in [0.717, 1.165) is 25.1 Å². The Morgan fingerprint density at radius 2 is 2.00 bits per heavy atom. The third kappa shape index (κ3) is 6.08. The Morgan fingerprint density at radius 3 is 2.60 bits per heavy atom. The van der Waals surface area contributed by atoms with E-state index in [0.29, 0.717) is 30.4 Å². The average molecular weight is 371 g/mol. The number of hydrogen-bond acceptors (Lipinski definition) is 4. The van der Waals surface area contributed by atoms with Crippen LogP contribution >= 0.6 is 12.4 Å². The molecule has 2 rings (SSSR count). The van der Waals surface area contributed by atoms with E-state index in [-0.39, 0.29) is 23.7 Å². The number of amides is 1. The largest absolute Gasteiger partial charge is 0.493 e. The van der Waals surface area contributed by atoms with Gasteiger partial charge in [-0.05, 0) is 49.5 Å². The fraction of sp³-hybridized carbons (Fsp3) is 0.632. The van der Waals surface area contributed by atoms with Crippen LogP contribution in [0.1, 0.15) is 38.7 Å². The molecule has 1 aliphatic heterocycles. The molecule has 0 radical (unpaired) electrons. The summed E-state index contributed by atoms with van der Waals surface area (Å²) < 4.78 is 10.7. The Hall–Kier alpha value is -1.46. The van der Waals surface area contributed by atoms with Gasteiger partial charge in [0.1, 0.15) is 0 Å². The van der Waals surface area contributed by atoms with Gasteiger partial charge < -0.3 is 20.1 Å². The van der Waals surface area contributed by atoms with Gasteiger partial charge in [0.2, 0.25) is 5.91 Å². The number of nitrogens with one attached hydrogen (secondary N) is 2. The van der Waals surface area contributed by atoms with Crippen LogP contribution in [0, 0.1) is 5.92 Å². The Labute approximate surface area is 157 Å². The summed E-state index contributed by atoms with van der Waals surface area (Å²) in [7, 11) is 3.26. The van der Waals surface area contributed by atoms with E-state index in [1.54, 1.807) is 14.2 Å². The SMILES string of the molecule is COc1ccc(C(C)(C)CNC(=O)CCC2CCNC2)cc1OC.Cl. The molecule has 0 bridgehead atoms. The molecule has 0 spiro atoms. The molecule has 1 aliphatic rings. The van der Waals surface area contributed by atoms with Crippen LogP contribution in [-0.4, -0.2) is 39.8 Å². The van der Waals surface area contributed by atoms with Crippen molar-refractivity contribution < 1.29 is 14.3 Å². The monoisotopic (exact) mass is 370 g/mol. The number of hydrogen-bond donors (Lipinski definition) is 2. The lowest BCUT2D eigenvalue weighted by Crippen LogP contribution is -2.36. The number of halogens is 1. The third-order valence-corrected chi connectivity index (χ3v) is 4.83. The lowest BCUT2D eigenvalue weighted by molar-refractivity contribution is -0.121. The Bertz CT molecular complexity index is 558. The molecule has 1 atom stereocenters. The number of benzene rings is 1. The van der Waals surface area contributed by atoms with Crippen molar-refractivity contribution in [1.82, 2.24) is 10.6 Å². The first-order chi connectivity index (χ1) is 11.5. The molecule has 0 saturated carbocycles. The standard InChI is InChI=1S/C19H30N2O3.ClH/c1-19(2,15-6-7-16(23-3)17(11-15)24-4)13-21-18(22)8-5-14-9-10-20-12-14;/h6-7,11,14,20H,5,8-10,12-13H2,1-4H3,(H,21,22);1H. The summed E-state index contributed by atoms with van der Waals surface area (Å²) in [6.45, 7) is 6.97. The van der Waals surface area contributed by atoms with Crippen LogP contribution in [0.2, 0.25) is 0 Å². The maximum atomic E-state index is 12.1. The second-order valence-corrected chi connectivity index (χ2v) is 7.13. The van der Waals surface area contributed by atoms with Crippen molar-refractivity contribution in [1.29, 1.82) is 0 Å². The molecular weight excluding hydrogens is 340 g/mol. The summed E-state index contributed by atoms with van der Waals surface area (Å²) in [4.78, 5) is 12.1. The number of rotatable bonds is 8. The van der Waals surface area contributed by atoms with E-state index in [9.17, 15) is 4.79 Å². The van der Waals surface area contributed by atoms with E-state index >= 15 is 0 Å². The minimum atomic E-state index is -0.176. The van der Waals surface area contributed by atoms with Crippen molar-refractivity contribution in [3.05, 3.63) is 23.8 Å². The lowest BCUT2D eigenvalue weighted by atomic mass is 9.84. The first-order valence-corrected chi connectivity index (χ1v) is 8.66. The van der Waals surface area contributed by atoms with Crippen molar-refractivity contribution in [2.75, 3.05) is 33.9 Å². The molecule has 6 heteroatoms. The second-order valence-electron chi connectivity index (χ2n) is 7.13. The fourth-order valence-electron chi connectivity index (χ4n) is 3.06. The highest BCUT2D eigenvalue weighted by molar-refractivity contribution is 5.85. The van der Waals surface area contributed by atoms with Gasteiger partial charge in [-0.15, -0.1) is 12.4 Å². The van der Waals surface area contributed by atoms with Crippen molar-refractivity contribution in [2.24, 2.45) is 5.92 Å². The van der Waals surface area contributed by atoms with E-state index in [4.69, 9.17) is 9.47 Å². The molecule has 5 nitrogen and oxygen atoms in total. The zero-order valence-electron chi connectivity index (χ0n) is 15.7. The highest BCUT2D eigenvalue weighted by Gasteiger charge is 2.23. The normalized spacial score (nSPS) is 16.9. The quantitative estimate of drug-likeness (QED) is 0.738. The zero-order chi connectivity index (χ0) is 17.6. The van der Waals surface area contributed by atoms with Crippen molar-refractivity contribution in [3.63, 3.8) is 0 Å². The predicted molar refractivity (Wildman–Crippen MR) is 103 cm³/mol.